The minimum Gasteiger partial charge on any atom is -0.351 e. The van der Waals surface area contributed by atoms with Gasteiger partial charge in [-0.3, -0.25) is 4.79 Å². The predicted octanol–water partition coefficient (Wildman–Crippen LogP) is 1.23. The van der Waals surface area contributed by atoms with Crippen LogP contribution in [0, 0.1) is 5.92 Å². The number of rotatable bonds is 6. The minimum absolute atomic E-state index is 0.0676. The predicted molar refractivity (Wildman–Crippen MR) is 81.4 cm³/mol. The zero-order valence-corrected chi connectivity index (χ0v) is 12.3. The van der Waals surface area contributed by atoms with Crippen molar-refractivity contribution in [1.82, 2.24) is 15.5 Å². The van der Waals surface area contributed by atoms with Gasteiger partial charge in [0.1, 0.15) is 0 Å². The van der Waals surface area contributed by atoms with E-state index >= 15 is 0 Å². The van der Waals surface area contributed by atoms with E-state index in [1.54, 1.807) is 0 Å². The summed E-state index contributed by atoms with van der Waals surface area (Å²) in [4.78, 5) is 14.1. The van der Waals surface area contributed by atoms with Crippen LogP contribution in [0.25, 0.3) is 0 Å². The van der Waals surface area contributed by atoms with Crippen LogP contribution in [-0.2, 0) is 11.3 Å². The highest BCUT2D eigenvalue weighted by Gasteiger charge is 2.16. The molecule has 0 spiro atoms. The maximum atomic E-state index is 11.7. The number of hydrogen-bond donors (Lipinski definition) is 2. The van der Waals surface area contributed by atoms with Gasteiger partial charge in [0.25, 0.3) is 0 Å². The second kappa shape index (κ2) is 8.02. The molecule has 1 aliphatic heterocycles. The number of carbonyl (C=O) groups is 1. The van der Waals surface area contributed by atoms with Gasteiger partial charge in [-0.2, -0.15) is 0 Å². The van der Waals surface area contributed by atoms with E-state index in [0.717, 1.165) is 18.7 Å². The van der Waals surface area contributed by atoms with Gasteiger partial charge in [0, 0.05) is 13.1 Å². The molecule has 0 aliphatic carbocycles. The summed E-state index contributed by atoms with van der Waals surface area (Å²) in [5.41, 5.74) is 1.13. The first-order valence-electron chi connectivity index (χ1n) is 7.44. The number of benzene rings is 1. The Morgan fingerprint density at radius 3 is 2.90 bits per heavy atom. The maximum Gasteiger partial charge on any atom is 0.234 e. The Kier molecular flexibility index (Phi) is 6.02. The van der Waals surface area contributed by atoms with E-state index in [1.807, 2.05) is 30.3 Å². The molecule has 1 saturated heterocycles. The standard InChI is InChI=1S/C16H25N3O/c1-19-9-5-8-15(13-19)10-17-12-16(20)18-11-14-6-3-2-4-7-14/h2-4,6-7,15,17H,5,8-13H2,1H3,(H,18,20). The molecule has 20 heavy (non-hydrogen) atoms. The number of hydrogen-bond acceptors (Lipinski definition) is 3. The molecule has 1 heterocycles. The number of carbonyl (C=O) groups excluding carboxylic acids is 1. The van der Waals surface area contributed by atoms with Crippen LogP contribution in [0.3, 0.4) is 0 Å². The lowest BCUT2D eigenvalue weighted by Gasteiger charge is -2.29. The van der Waals surface area contributed by atoms with Gasteiger partial charge in [0.15, 0.2) is 0 Å². The number of piperidine rings is 1. The number of likely N-dealkylation sites (tertiary alicyclic amines) is 1. The molecule has 4 heteroatoms. The first-order chi connectivity index (χ1) is 9.74. The summed E-state index contributed by atoms with van der Waals surface area (Å²) in [7, 11) is 2.17. The number of amides is 1. The summed E-state index contributed by atoms with van der Waals surface area (Å²) in [6.07, 6.45) is 2.53. The molecule has 1 amide bonds. The summed E-state index contributed by atoms with van der Waals surface area (Å²) in [6, 6.07) is 9.99. The lowest BCUT2D eigenvalue weighted by atomic mass is 9.98. The van der Waals surface area contributed by atoms with Gasteiger partial charge >= 0.3 is 0 Å². The summed E-state index contributed by atoms with van der Waals surface area (Å²) in [5, 5.41) is 6.21. The van der Waals surface area contributed by atoms with E-state index in [1.165, 1.54) is 19.4 Å². The smallest absolute Gasteiger partial charge is 0.234 e. The van der Waals surface area contributed by atoms with Gasteiger partial charge in [-0.25, -0.2) is 0 Å². The van der Waals surface area contributed by atoms with Crippen molar-refractivity contribution in [2.45, 2.75) is 19.4 Å². The fraction of sp³-hybridized carbons (Fsp3) is 0.562. The van der Waals surface area contributed by atoms with Crippen LogP contribution in [0.4, 0.5) is 0 Å². The molecule has 1 atom stereocenters. The lowest BCUT2D eigenvalue weighted by Crippen LogP contribution is -2.40. The van der Waals surface area contributed by atoms with Gasteiger partial charge in [-0.15, -0.1) is 0 Å². The largest absolute Gasteiger partial charge is 0.351 e. The Morgan fingerprint density at radius 2 is 2.15 bits per heavy atom. The van der Waals surface area contributed by atoms with Crippen molar-refractivity contribution in [1.29, 1.82) is 0 Å². The molecule has 4 nitrogen and oxygen atoms in total. The van der Waals surface area contributed by atoms with Crippen molar-refractivity contribution >= 4 is 5.91 Å². The van der Waals surface area contributed by atoms with Gasteiger partial charge in [0.2, 0.25) is 5.91 Å². The SMILES string of the molecule is CN1CCCC(CNCC(=O)NCc2ccccc2)C1. The molecule has 110 valence electrons. The zero-order chi connectivity index (χ0) is 14.2. The normalized spacial score (nSPS) is 19.8. The second-order valence-electron chi connectivity index (χ2n) is 5.66. The molecule has 0 radical (unpaired) electrons. The second-order valence-corrected chi connectivity index (χ2v) is 5.66. The van der Waals surface area contributed by atoms with Crippen LogP contribution < -0.4 is 10.6 Å². The molecule has 1 unspecified atom stereocenters. The molecule has 2 rings (SSSR count). The van der Waals surface area contributed by atoms with Crippen LogP contribution in [0.2, 0.25) is 0 Å². The molecule has 1 aromatic carbocycles. The first-order valence-corrected chi connectivity index (χ1v) is 7.44. The van der Waals surface area contributed by atoms with Crippen LogP contribution in [0.1, 0.15) is 18.4 Å². The van der Waals surface area contributed by atoms with Crippen LogP contribution in [0.15, 0.2) is 30.3 Å². The Hall–Kier alpha value is -1.39. The summed E-state index contributed by atoms with van der Waals surface area (Å²) in [5.74, 6) is 0.744. The van der Waals surface area contributed by atoms with Gasteiger partial charge in [0.05, 0.1) is 6.54 Å². The Bertz CT molecular complexity index is 407. The van der Waals surface area contributed by atoms with E-state index < -0.39 is 0 Å². The van der Waals surface area contributed by atoms with E-state index in [4.69, 9.17) is 0 Å². The average Bonchev–Trinajstić information content (AvgIpc) is 2.46. The van der Waals surface area contributed by atoms with Crippen LogP contribution in [-0.4, -0.2) is 44.0 Å². The summed E-state index contributed by atoms with van der Waals surface area (Å²) >= 11 is 0. The molecule has 0 bridgehead atoms. The Balaban J connectivity index is 1.58. The van der Waals surface area contributed by atoms with E-state index in [0.29, 0.717) is 19.0 Å². The van der Waals surface area contributed by atoms with Crippen molar-refractivity contribution in [2.24, 2.45) is 5.92 Å². The van der Waals surface area contributed by atoms with E-state index in [-0.39, 0.29) is 5.91 Å². The molecule has 1 fully saturated rings. The third-order valence-electron chi connectivity index (χ3n) is 3.77. The highest BCUT2D eigenvalue weighted by atomic mass is 16.1. The summed E-state index contributed by atoms with van der Waals surface area (Å²) in [6.45, 7) is 4.29. The fourth-order valence-electron chi connectivity index (χ4n) is 2.69. The van der Waals surface area contributed by atoms with Crippen molar-refractivity contribution < 1.29 is 4.79 Å². The van der Waals surface area contributed by atoms with Crippen LogP contribution in [0.5, 0.6) is 0 Å². The molecule has 1 aliphatic rings. The maximum absolute atomic E-state index is 11.7. The van der Waals surface area contributed by atoms with E-state index in [9.17, 15) is 4.79 Å². The van der Waals surface area contributed by atoms with Crippen molar-refractivity contribution in [2.75, 3.05) is 33.2 Å². The monoisotopic (exact) mass is 275 g/mol. The highest BCUT2D eigenvalue weighted by Crippen LogP contribution is 2.13. The van der Waals surface area contributed by atoms with Gasteiger partial charge < -0.3 is 15.5 Å². The minimum atomic E-state index is 0.0676. The fourth-order valence-corrected chi connectivity index (χ4v) is 2.69. The van der Waals surface area contributed by atoms with Crippen molar-refractivity contribution in [3.63, 3.8) is 0 Å². The lowest BCUT2D eigenvalue weighted by molar-refractivity contribution is -0.120. The van der Waals surface area contributed by atoms with Crippen molar-refractivity contribution in [3.05, 3.63) is 35.9 Å². The molecule has 2 N–H and O–H groups in total. The first kappa shape index (κ1) is 15.0. The van der Waals surface area contributed by atoms with Crippen molar-refractivity contribution in [3.8, 4) is 0 Å². The number of nitrogens with one attached hydrogen (secondary N) is 2. The topological polar surface area (TPSA) is 44.4 Å². The van der Waals surface area contributed by atoms with Gasteiger partial charge in [-0.1, -0.05) is 30.3 Å². The molecule has 0 aromatic heterocycles. The molecular formula is C16H25N3O. The van der Waals surface area contributed by atoms with Gasteiger partial charge in [-0.05, 0) is 44.5 Å². The Labute approximate surface area is 121 Å². The average molecular weight is 275 g/mol. The molecule has 0 saturated carbocycles. The highest BCUT2D eigenvalue weighted by molar-refractivity contribution is 5.77. The summed E-state index contributed by atoms with van der Waals surface area (Å²) < 4.78 is 0. The third-order valence-corrected chi connectivity index (χ3v) is 3.77. The number of nitrogens with zero attached hydrogens (tertiary/aromatic N) is 1. The quantitative estimate of drug-likeness (QED) is 0.821. The third kappa shape index (κ3) is 5.31. The molecular weight excluding hydrogens is 250 g/mol. The zero-order valence-electron chi connectivity index (χ0n) is 12.3. The van der Waals surface area contributed by atoms with E-state index in [2.05, 4.69) is 22.6 Å². The Morgan fingerprint density at radius 1 is 1.35 bits per heavy atom. The van der Waals surface area contributed by atoms with Crippen LogP contribution >= 0.6 is 0 Å². The molecule has 1 aromatic rings.